The molecule has 3 N–H and O–H groups in total. The van der Waals surface area contributed by atoms with Crippen LogP contribution >= 0.6 is 0 Å². The zero-order chi connectivity index (χ0) is 12.5. The van der Waals surface area contributed by atoms with E-state index < -0.39 is 5.79 Å². The maximum atomic E-state index is 11.6. The van der Waals surface area contributed by atoms with Crippen LogP contribution in [0.5, 0.6) is 0 Å². The lowest BCUT2D eigenvalue weighted by atomic mass is 9.90. The van der Waals surface area contributed by atoms with Gasteiger partial charge in [-0.15, -0.1) is 0 Å². The summed E-state index contributed by atoms with van der Waals surface area (Å²) in [6.07, 6.45) is 1.19. The van der Waals surface area contributed by atoms with Gasteiger partial charge in [0.05, 0.1) is 12.3 Å². The Bertz CT molecular complexity index is 368. The molecule has 0 amide bonds. The first-order valence-corrected chi connectivity index (χ1v) is 5.03. The highest BCUT2D eigenvalue weighted by atomic mass is 16.5. The number of carbonyl (C=O) groups excluding carboxylic acids is 1. The lowest BCUT2D eigenvalue weighted by Crippen LogP contribution is -2.44. The molecule has 0 bridgehead atoms. The Morgan fingerprint density at radius 3 is 2.44 bits per heavy atom. The summed E-state index contributed by atoms with van der Waals surface area (Å²) >= 11 is 0. The third-order valence-electron chi connectivity index (χ3n) is 2.93. The van der Waals surface area contributed by atoms with Crippen LogP contribution in [0, 0.1) is 0 Å². The number of likely N-dealkylation sites (N-methyl/N-ethyl adjacent to an activating group) is 1. The van der Waals surface area contributed by atoms with Crippen molar-refractivity contribution in [3.05, 3.63) is 22.9 Å². The topological polar surface area (TPSA) is 81.0 Å². The second-order valence-corrected chi connectivity index (χ2v) is 3.96. The van der Waals surface area contributed by atoms with E-state index in [1.54, 1.807) is 14.0 Å². The first-order valence-electron chi connectivity index (χ1n) is 5.03. The minimum Gasteiger partial charge on any atom is -0.395 e. The maximum Gasteiger partial charge on any atom is 0.228 e. The Morgan fingerprint density at radius 2 is 1.94 bits per heavy atom. The Morgan fingerprint density at radius 1 is 1.38 bits per heavy atom. The van der Waals surface area contributed by atoms with Gasteiger partial charge >= 0.3 is 0 Å². The van der Waals surface area contributed by atoms with E-state index in [1.165, 1.54) is 17.9 Å². The van der Waals surface area contributed by atoms with Crippen molar-refractivity contribution >= 4 is 5.78 Å². The van der Waals surface area contributed by atoms with Crippen molar-refractivity contribution < 1.29 is 20.1 Å². The number of rotatable bonds is 3. The lowest BCUT2D eigenvalue weighted by Gasteiger charge is -2.35. The van der Waals surface area contributed by atoms with Crippen molar-refractivity contribution in [2.45, 2.75) is 19.6 Å². The molecular weight excluding hydrogens is 210 g/mol. The molecule has 5 heteroatoms. The Hall–Kier alpha value is -1.17. The molecule has 0 aromatic carbocycles. The van der Waals surface area contributed by atoms with Crippen LogP contribution < -0.4 is 0 Å². The summed E-state index contributed by atoms with van der Waals surface area (Å²) in [5, 5.41) is 28.7. The van der Waals surface area contributed by atoms with Gasteiger partial charge < -0.3 is 20.2 Å². The monoisotopic (exact) mass is 227 g/mol. The molecule has 0 aliphatic heterocycles. The van der Waals surface area contributed by atoms with Crippen LogP contribution in [0.3, 0.4) is 0 Å². The summed E-state index contributed by atoms with van der Waals surface area (Å²) < 4.78 is 0. The second kappa shape index (κ2) is 4.37. The fourth-order valence-electron chi connectivity index (χ4n) is 1.62. The minimum atomic E-state index is -2.14. The molecule has 0 fully saturated rings. The normalized spacial score (nSPS) is 19.9. The van der Waals surface area contributed by atoms with Crippen molar-refractivity contribution in [3.63, 3.8) is 0 Å². The molecule has 1 aliphatic rings. The Balaban J connectivity index is 3.12. The average Bonchev–Trinajstić information content (AvgIpc) is 2.21. The zero-order valence-electron chi connectivity index (χ0n) is 9.69. The summed E-state index contributed by atoms with van der Waals surface area (Å²) in [5.74, 6) is -2.38. The number of hydrogen-bond acceptors (Lipinski definition) is 5. The molecule has 0 heterocycles. The van der Waals surface area contributed by atoms with Crippen LogP contribution in [0.4, 0.5) is 0 Å². The van der Waals surface area contributed by atoms with E-state index in [2.05, 4.69) is 0 Å². The molecule has 90 valence electrons. The summed E-state index contributed by atoms with van der Waals surface area (Å²) in [7, 11) is 1.59. The predicted octanol–water partition coefficient (Wildman–Crippen LogP) is -0.606. The predicted molar refractivity (Wildman–Crippen MR) is 58.3 cm³/mol. The number of hydrogen-bond donors (Lipinski definition) is 3. The van der Waals surface area contributed by atoms with Gasteiger partial charge in [-0.1, -0.05) is 0 Å². The van der Waals surface area contributed by atoms with Gasteiger partial charge in [-0.2, -0.15) is 0 Å². The third kappa shape index (κ3) is 2.02. The van der Waals surface area contributed by atoms with Gasteiger partial charge in [-0.25, -0.2) is 0 Å². The largest absolute Gasteiger partial charge is 0.395 e. The summed E-state index contributed by atoms with van der Waals surface area (Å²) in [4.78, 5) is 13.0. The number of ketones is 1. The van der Waals surface area contributed by atoms with Gasteiger partial charge in [0.15, 0.2) is 5.78 Å². The standard InChI is InChI=1S/C11H17NO4/c1-7-8(2)11(15,16)10(6-9(7)14)12(3)4-5-13/h6,13,15-16H,4-5H2,1-3H3. The van der Waals surface area contributed by atoms with Gasteiger partial charge in [0.2, 0.25) is 5.79 Å². The van der Waals surface area contributed by atoms with Crippen molar-refractivity contribution in [1.29, 1.82) is 0 Å². The van der Waals surface area contributed by atoms with Crippen LogP contribution in [-0.2, 0) is 4.79 Å². The average molecular weight is 227 g/mol. The fraction of sp³-hybridized carbons (Fsp3) is 0.545. The molecule has 0 spiro atoms. The highest BCUT2D eigenvalue weighted by molar-refractivity contribution is 6.06. The van der Waals surface area contributed by atoms with Crippen molar-refractivity contribution in [2.24, 2.45) is 0 Å². The molecule has 1 rings (SSSR count). The quantitative estimate of drug-likeness (QED) is 0.561. The number of allylic oxidation sites excluding steroid dienone is 2. The van der Waals surface area contributed by atoms with Crippen LogP contribution in [-0.4, -0.2) is 52.0 Å². The number of aliphatic hydroxyl groups excluding tert-OH is 1. The SMILES string of the molecule is CC1=C(C)C(O)(O)C(N(C)CCO)=CC1=O. The van der Waals surface area contributed by atoms with Crippen LogP contribution in [0.2, 0.25) is 0 Å². The first-order chi connectivity index (χ1) is 7.32. The van der Waals surface area contributed by atoms with E-state index in [1.807, 2.05) is 0 Å². The van der Waals surface area contributed by atoms with Gasteiger partial charge in [0.25, 0.3) is 0 Å². The van der Waals surface area contributed by atoms with Crippen molar-refractivity contribution in [3.8, 4) is 0 Å². The highest BCUT2D eigenvalue weighted by Gasteiger charge is 2.39. The molecule has 0 saturated heterocycles. The molecule has 0 aromatic rings. The summed E-state index contributed by atoms with van der Waals surface area (Å²) in [6, 6.07) is 0. The Labute approximate surface area is 94.3 Å². The van der Waals surface area contributed by atoms with Gasteiger partial charge in [-0.3, -0.25) is 4.79 Å². The molecule has 0 unspecified atom stereocenters. The van der Waals surface area contributed by atoms with Gasteiger partial charge in [-0.05, 0) is 19.4 Å². The molecule has 5 nitrogen and oxygen atoms in total. The third-order valence-corrected chi connectivity index (χ3v) is 2.93. The van der Waals surface area contributed by atoms with Crippen LogP contribution in [0.15, 0.2) is 22.9 Å². The van der Waals surface area contributed by atoms with E-state index in [4.69, 9.17) is 5.11 Å². The maximum absolute atomic E-state index is 11.6. The minimum absolute atomic E-state index is 0.0923. The molecule has 0 aromatic heterocycles. The highest BCUT2D eigenvalue weighted by Crippen LogP contribution is 2.31. The van der Waals surface area contributed by atoms with Gasteiger partial charge in [0.1, 0.15) is 0 Å². The molecule has 0 atom stereocenters. The summed E-state index contributed by atoms with van der Waals surface area (Å²) in [6.45, 7) is 3.17. The number of carbonyl (C=O) groups is 1. The summed E-state index contributed by atoms with van der Waals surface area (Å²) in [5.41, 5.74) is 0.653. The number of nitrogens with zero attached hydrogens (tertiary/aromatic N) is 1. The van der Waals surface area contributed by atoms with E-state index in [0.717, 1.165) is 0 Å². The molecule has 0 radical (unpaired) electrons. The first kappa shape index (κ1) is 12.9. The lowest BCUT2D eigenvalue weighted by molar-refractivity contribution is -0.123. The smallest absolute Gasteiger partial charge is 0.228 e. The van der Waals surface area contributed by atoms with Crippen molar-refractivity contribution in [1.82, 2.24) is 4.90 Å². The van der Waals surface area contributed by atoms with E-state index in [-0.39, 0.29) is 30.2 Å². The zero-order valence-corrected chi connectivity index (χ0v) is 9.69. The molecule has 0 saturated carbocycles. The van der Waals surface area contributed by atoms with E-state index >= 15 is 0 Å². The van der Waals surface area contributed by atoms with Gasteiger partial charge in [0, 0.05) is 25.2 Å². The Kier molecular flexibility index (Phi) is 3.52. The molecule has 16 heavy (non-hydrogen) atoms. The number of aliphatic hydroxyl groups is 3. The second-order valence-electron chi connectivity index (χ2n) is 3.96. The fourth-order valence-corrected chi connectivity index (χ4v) is 1.62. The molecular formula is C11H17NO4. The van der Waals surface area contributed by atoms with Crippen molar-refractivity contribution in [2.75, 3.05) is 20.2 Å². The van der Waals surface area contributed by atoms with Crippen LogP contribution in [0.1, 0.15) is 13.8 Å². The molecule has 1 aliphatic carbocycles. The van der Waals surface area contributed by atoms with E-state index in [9.17, 15) is 15.0 Å². The van der Waals surface area contributed by atoms with Crippen LogP contribution in [0.25, 0.3) is 0 Å². The van der Waals surface area contributed by atoms with E-state index in [0.29, 0.717) is 5.57 Å².